The van der Waals surface area contributed by atoms with Crippen LogP contribution in [0.15, 0.2) is 65.1 Å². The number of benzene rings is 1. The molecule has 0 bridgehead atoms. The summed E-state index contributed by atoms with van der Waals surface area (Å²) < 4.78 is 56.5. The number of halogens is 2. The van der Waals surface area contributed by atoms with Gasteiger partial charge in [0.05, 0.1) is 16.6 Å². The van der Waals surface area contributed by atoms with Crippen molar-refractivity contribution in [2.45, 2.75) is 18.0 Å². The summed E-state index contributed by atoms with van der Waals surface area (Å²) in [6.07, 6.45) is 3.34. The minimum Gasteiger partial charge on any atom is -0.507 e. The number of hydrogen-bond donors (Lipinski definition) is 1. The van der Waals surface area contributed by atoms with Crippen molar-refractivity contribution < 1.29 is 27.1 Å². The fourth-order valence-electron chi connectivity index (χ4n) is 4.90. The number of nitrogens with zero attached hydrogens (tertiary/aromatic N) is 6. The highest BCUT2D eigenvalue weighted by Gasteiger charge is 2.31. The van der Waals surface area contributed by atoms with Crippen LogP contribution in [0.1, 0.15) is 6.92 Å². The number of sulfone groups is 1. The van der Waals surface area contributed by atoms with E-state index in [9.17, 15) is 27.5 Å². The van der Waals surface area contributed by atoms with E-state index < -0.39 is 49.2 Å². The summed E-state index contributed by atoms with van der Waals surface area (Å²) in [5, 5.41) is 9.91. The molecule has 1 saturated heterocycles. The first-order valence-corrected chi connectivity index (χ1v) is 14.3. The Balaban J connectivity index is 1.83. The quantitative estimate of drug-likeness (QED) is 0.352. The third kappa shape index (κ3) is 4.90. The van der Waals surface area contributed by atoms with Gasteiger partial charge in [-0.25, -0.2) is 36.5 Å². The van der Waals surface area contributed by atoms with Crippen LogP contribution in [0.3, 0.4) is 0 Å². The van der Waals surface area contributed by atoms with E-state index in [0.717, 1.165) is 29.0 Å². The lowest BCUT2D eigenvalue weighted by molar-refractivity contribution is -0.126. The predicted molar refractivity (Wildman–Crippen MR) is 147 cm³/mol. The summed E-state index contributed by atoms with van der Waals surface area (Å²) in [6.45, 7) is 6.05. The molecule has 1 atom stereocenters. The zero-order valence-corrected chi connectivity index (χ0v) is 22.8. The Bertz CT molecular complexity index is 1880. The van der Waals surface area contributed by atoms with E-state index in [1.54, 1.807) is 16.7 Å². The first kappa shape index (κ1) is 27.8. The Morgan fingerprint density at radius 3 is 2.56 bits per heavy atom. The van der Waals surface area contributed by atoms with Gasteiger partial charge in [-0.3, -0.25) is 4.79 Å². The Kier molecular flexibility index (Phi) is 7.03. The average molecular weight is 583 g/mol. The molecule has 1 fully saturated rings. The van der Waals surface area contributed by atoms with Crippen LogP contribution in [-0.4, -0.2) is 75.8 Å². The normalized spacial score (nSPS) is 15.8. The molecular weight excluding hydrogens is 558 g/mol. The molecule has 1 aliphatic rings. The van der Waals surface area contributed by atoms with E-state index >= 15 is 4.39 Å². The number of anilines is 1. The number of phenolic OH excluding ortho intramolecular Hbond substituents is 1. The summed E-state index contributed by atoms with van der Waals surface area (Å²) >= 11 is 0. The molecule has 11 nitrogen and oxygen atoms in total. The first-order chi connectivity index (χ1) is 19.4. The van der Waals surface area contributed by atoms with Crippen LogP contribution < -0.4 is 10.6 Å². The largest absolute Gasteiger partial charge is 0.507 e. The SMILES string of the molecule is C=CC(=O)N1CCN(c2nc(=O)n(-c3cccnc3S(C)(=O)=O)c3nc(-c4c(O)cccc4F)c(F)cc23)[C@@H](C)C1. The van der Waals surface area contributed by atoms with E-state index in [0.29, 0.717) is 0 Å². The van der Waals surface area contributed by atoms with E-state index in [1.165, 1.54) is 30.5 Å². The van der Waals surface area contributed by atoms with Crippen molar-refractivity contribution in [2.24, 2.45) is 0 Å². The number of phenols is 1. The van der Waals surface area contributed by atoms with Crippen molar-refractivity contribution in [3.05, 3.63) is 77.4 Å². The standard InChI is InChI=1S/C27H24F2N6O5S/c1-4-21(37)33-11-12-34(15(2)14-33)24-16-13-18(29)23(22-17(28)7-5-9-20(22)36)31-25(16)35(27(38)32-24)19-8-6-10-30-26(19)41(3,39)40/h4-10,13,15,36H,1,11-12,14H2,2-3H3/t15-/m0/s1. The highest BCUT2D eigenvalue weighted by molar-refractivity contribution is 7.90. The van der Waals surface area contributed by atoms with Gasteiger partial charge in [0.2, 0.25) is 5.91 Å². The number of rotatable bonds is 5. The molecule has 212 valence electrons. The van der Waals surface area contributed by atoms with Gasteiger partial charge in [0.1, 0.15) is 23.1 Å². The number of pyridine rings is 2. The van der Waals surface area contributed by atoms with Crippen molar-refractivity contribution in [3.63, 3.8) is 0 Å². The van der Waals surface area contributed by atoms with Gasteiger partial charge in [-0.05, 0) is 43.3 Å². The maximum absolute atomic E-state index is 15.7. The topological polar surface area (TPSA) is 139 Å². The Morgan fingerprint density at radius 1 is 1.15 bits per heavy atom. The molecule has 5 rings (SSSR count). The summed E-state index contributed by atoms with van der Waals surface area (Å²) in [5.41, 5.74) is -2.53. The maximum Gasteiger partial charge on any atom is 0.355 e. The molecule has 0 radical (unpaired) electrons. The van der Waals surface area contributed by atoms with Crippen LogP contribution in [0.5, 0.6) is 5.75 Å². The molecule has 0 aliphatic carbocycles. The number of carbonyl (C=O) groups is 1. The zero-order valence-electron chi connectivity index (χ0n) is 22.0. The Labute approximate surface area is 232 Å². The van der Waals surface area contributed by atoms with Crippen LogP contribution in [-0.2, 0) is 14.6 Å². The smallest absolute Gasteiger partial charge is 0.355 e. The number of hydrogen-bond acceptors (Lipinski definition) is 9. The second-order valence-electron chi connectivity index (χ2n) is 9.51. The lowest BCUT2D eigenvalue weighted by Gasteiger charge is -2.40. The molecule has 1 aliphatic heterocycles. The minimum absolute atomic E-state index is 0.0142. The van der Waals surface area contributed by atoms with E-state index in [2.05, 4.69) is 21.5 Å². The molecule has 14 heteroatoms. The summed E-state index contributed by atoms with van der Waals surface area (Å²) in [7, 11) is -3.96. The molecular formula is C27H24F2N6O5S. The van der Waals surface area contributed by atoms with Crippen LogP contribution in [0.25, 0.3) is 28.0 Å². The predicted octanol–water partition coefficient (Wildman–Crippen LogP) is 2.45. The van der Waals surface area contributed by atoms with Crippen molar-refractivity contribution in [1.82, 2.24) is 24.4 Å². The number of amides is 1. The second kappa shape index (κ2) is 10.4. The molecule has 41 heavy (non-hydrogen) atoms. The van der Waals surface area contributed by atoms with Crippen molar-refractivity contribution in [2.75, 3.05) is 30.8 Å². The number of aromatic nitrogens is 4. The Hall–Kier alpha value is -4.72. The van der Waals surface area contributed by atoms with Gasteiger partial charge >= 0.3 is 5.69 Å². The molecule has 4 aromatic rings. The van der Waals surface area contributed by atoms with Crippen molar-refractivity contribution in [1.29, 1.82) is 0 Å². The van der Waals surface area contributed by atoms with Gasteiger partial charge in [-0.1, -0.05) is 12.6 Å². The maximum atomic E-state index is 15.7. The number of aromatic hydroxyl groups is 1. The summed E-state index contributed by atoms with van der Waals surface area (Å²) in [6, 6.07) is 6.76. The second-order valence-corrected chi connectivity index (χ2v) is 11.4. The van der Waals surface area contributed by atoms with Crippen LogP contribution in [0.4, 0.5) is 14.6 Å². The van der Waals surface area contributed by atoms with Gasteiger partial charge in [-0.15, -0.1) is 0 Å². The van der Waals surface area contributed by atoms with Crippen LogP contribution in [0.2, 0.25) is 0 Å². The monoisotopic (exact) mass is 582 g/mol. The summed E-state index contributed by atoms with van der Waals surface area (Å²) in [4.78, 5) is 41.5. The average Bonchev–Trinajstić information content (AvgIpc) is 2.92. The number of carbonyl (C=O) groups excluding carboxylic acids is 1. The van der Waals surface area contributed by atoms with Gasteiger partial charge in [0.15, 0.2) is 26.3 Å². The summed E-state index contributed by atoms with van der Waals surface area (Å²) in [5.74, 6) is -2.80. The van der Waals surface area contributed by atoms with Gasteiger partial charge in [-0.2, -0.15) is 4.98 Å². The molecule has 1 N–H and O–H groups in total. The number of fused-ring (bicyclic) bond motifs is 1. The van der Waals surface area contributed by atoms with Crippen molar-refractivity contribution >= 4 is 32.6 Å². The molecule has 4 heterocycles. The zero-order chi connectivity index (χ0) is 29.6. The van der Waals surface area contributed by atoms with Crippen molar-refractivity contribution in [3.8, 4) is 22.7 Å². The highest BCUT2D eigenvalue weighted by atomic mass is 32.2. The molecule has 0 spiro atoms. The van der Waals surface area contributed by atoms with Gasteiger partial charge < -0.3 is 14.9 Å². The minimum atomic E-state index is -3.96. The molecule has 1 aromatic carbocycles. The highest BCUT2D eigenvalue weighted by Crippen LogP contribution is 2.36. The fraction of sp³-hybridized carbons (Fsp3) is 0.222. The van der Waals surface area contributed by atoms with Crippen LogP contribution >= 0.6 is 0 Å². The first-order valence-electron chi connectivity index (χ1n) is 12.4. The van der Waals surface area contributed by atoms with Gasteiger partial charge in [0, 0.05) is 38.1 Å². The lowest BCUT2D eigenvalue weighted by Crippen LogP contribution is -2.54. The van der Waals surface area contributed by atoms with E-state index in [4.69, 9.17) is 0 Å². The molecule has 0 saturated carbocycles. The lowest BCUT2D eigenvalue weighted by atomic mass is 10.1. The van der Waals surface area contributed by atoms with E-state index in [-0.39, 0.29) is 54.1 Å². The van der Waals surface area contributed by atoms with E-state index in [1.807, 2.05) is 0 Å². The molecule has 3 aromatic heterocycles. The molecule has 0 unspecified atom stereocenters. The number of piperazine rings is 1. The third-order valence-corrected chi connectivity index (χ3v) is 7.78. The molecule has 1 amide bonds. The fourth-order valence-corrected chi connectivity index (χ4v) is 5.70. The van der Waals surface area contributed by atoms with Crippen LogP contribution in [0, 0.1) is 11.6 Å². The van der Waals surface area contributed by atoms with Gasteiger partial charge in [0.25, 0.3) is 0 Å². The third-order valence-electron chi connectivity index (χ3n) is 6.76. The Morgan fingerprint density at radius 2 is 1.90 bits per heavy atom.